The van der Waals surface area contributed by atoms with Gasteiger partial charge in [-0.2, -0.15) is 4.98 Å². The molecule has 7 heteroatoms. The molecule has 0 spiro atoms. The molecule has 1 amide bonds. The Morgan fingerprint density at radius 3 is 3.00 bits per heavy atom. The Morgan fingerprint density at radius 1 is 1.41 bits per heavy atom. The second-order valence-electron chi connectivity index (χ2n) is 5.18. The molecule has 0 aliphatic heterocycles. The highest BCUT2D eigenvalue weighted by atomic mass is 32.2. The predicted molar refractivity (Wildman–Crippen MR) is 83.8 cm³/mol. The SMILES string of the molecule is NC(=O)CSc1nc(=O)n(Cc2cccnc2)c2c1CCC2. The normalized spacial score (nSPS) is 13.1. The zero-order valence-electron chi connectivity index (χ0n) is 12.0. The number of fused-ring (bicyclic) bond motifs is 1. The summed E-state index contributed by atoms with van der Waals surface area (Å²) in [5.74, 6) is -0.260. The average Bonchev–Trinajstić information content (AvgIpc) is 2.99. The van der Waals surface area contributed by atoms with E-state index >= 15 is 0 Å². The highest BCUT2D eigenvalue weighted by Crippen LogP contribution is 2.29. The van der Waals surface area contributed by atoms with Gasteiger partial charge in [-0.05, 0) is 30.9 Å². The lowest BCUT2D eigenvalue weighted by atomic mass is 10.2. The van der Waals surface area contributed by atoms with Gasteiger partial charge in [0.1, 0.15) is 5.03 Å². The van der Waals surface area contributed by atoms with Crippen molar-refractivity contribution in [3.63, 3.8) is 0 Å². The Kier molecular flexibility index (Phi) is 4.24. The summed E-state index contributed by atoms with van der Waals surface area (Å²) in [6, 6.07) is 3.79. The van der Waals surface area contributed by atoms with E-state index in [2.05, 4.69) is 9.97 Å². The van der Waals surface area contributed by atoms with E-state index < -0.39 is 5.91 Å². The van der Waals surface area contributed by atoms with Gasteiger partial charge >= 0.3 is 5.69 Å². The van der Waals surface area contributed by atoms with Crippen molar-refractivity contribution in [3.8, 4) is 0 Å². The maximum atomic E-state index is 12.4. The summed E-state index contributed by atoms with van der Waals surface area (Å²) in [5.41, 5.74) is 7.97. The summed E-state index contributed by atoms with van der Waals surface area (Å²) in [4.78, 5) is 31.5. The molecule has 0 saturated carbocycles. The Bertz CT molecular complexity index is 758. The average molecular weight is 316 g/mol. The molecule has 2 aromatic heterocycles. The topological polar surface area (TPSA) is 90.9 Å². The number of nitrogens with zero attached hydrogens (tertiary/aromatic N) is 3. The number of carbonyl (C=O) groups is 1. The molecular weight excluding hydrogens is 300 g/mol. The molecule has 0 atom stereocenters. The van der Waals surface area contributed by atoms with Crippen LogP contribution in [0, 0.1) is 0 Å². The van der Waals surface area contributed by atoms with E-state index in [1.54, 1.807) is 17.0 Å². The van der Waals surface area contributed by atoms with Gasteiger partial charge in [0, 0.05) is 23.7 Å². The Hall–Kier alpha value is -2.15. The number of hydrogen-bond acceptors (Lipinski definition) is 5. The van der Waals surface area contributed by atoms with Crippen molar-refractivity contribution in [2.75, 3.05) is 5.75 Å². The molecule has 0 fully saturated rings. The summed E-state index contributed by atoms with van der Waals surface area (Å²) in [7, 11) is 0. The minimum Gasteiger partial charge on any atom is -0.369 e. The minimum atomic E-state index is -0.405. The maximum absolute atomic E-state index is 12.4. The molecule has 0 radical (unpaired) electrons. The van der Waals surface area contributed by atoms with Crippen LogP contribution in [0.5, 0.6) is 0 Å². The van der Waals surface area contributed by atoms with Crippen molar-refractivity contribution >= 4 is 17.7 Å². The largest absolute Gasteiger partial charge is 0.369 e. The van der Waals surface area contributed by atoms with Crippen LogP contribution in [0.15, 0.2) is 34.3 Å². The second-order valence-corrected chi connectivity index (χ2v) is 6.14. The highest BCUT2D eigenvalue weighted by Gasteiger charge is 2.22. The number of primary amides is 1. The number of hydrogen-bond donors (Lipinski definition) is 1. The molecule has 1 aliphatic carbocycles. The van der Waals surface area contributed by atoms with Gasteiger partial charge < -0.3 is 5.73 Å². The lowest BCUT2D eigenvalue weighted by Crippen LogP contribution is -2.28. The van der Waals surface area contributed by atoms with Crippen molar-refractivity contribution in [3.05, 3.63) is 51.8 Å². The van der Waals surface area contributed by atoms with Crippen LogP contribution in [-0.2, 0) is 24.2 Å². The van der Waals surface area contributed by atoms with Gasteiger partial charge in [-0.1, -0.05) is 17.8 Å². The Morgan fingerprint density at radius 2 is 2.27 bits per heavy atom. The van der Waals surface area contributed by atoms with Crippen molar-refractivity contribution in [1.82, 2.24) is 14.5 Å². The van der Waals surface area contributed by atoms with Crippen molar-refractivity contribution in [1.29, 1.82) is 0 Å². The predicted octanol–water partition coefficient (Wildman–Crippen LogP) is 0.753. The molecule has 2 heterocycles. The molecule has 2 N–H and O–H groups in total. The summed E-state index contributed by atoms with van der Waals surface area (Å²) in [6.45, 7) is 0.475. The van der Waals surface area contributed by atoms with E-state index in [0.29, 0.717) is 11.6 Å². The zero-order valence-corrected chi connectivity index (χ0v) is 12.8. The molecule has 6 nitrogen and oxygen atoms in total. The number of amides is 1. The summed E-state index contributed by atoms with van der Waals surface area (Å²) in [5, 5.41) is 0.652. The number of pyridine rings is 1. The standard InChI is InChI=1S/C15H16N4O2S/c16-13(20)9-22-14-11-4-1-5-12(11)19(15(21)18-14)8-10-3-2-6-17-7-10/h2-3,6-7H,1,4-5,8-9H2,(H2,16,20). The molecule has 0 unspecified atom stereocenters. The Balaban J connectivity index is 1.97. The van der Waals surface area contributed by atoms with Gasteiger partial charge in [0.05, 0.1) is 12.3 Å². The number of carbonyl (C=O) groups excluding carboxylic acids is 1. The van der Waals surface area contributed by atoms with Crippen molar-refractivity contribution in [2.45, 2.75) is 30.8 Å². The molecular formula is C15H16N4O2S. The quantitative estimate of drug-likeness (QED) is 0.649. The van der Waals surface area contributed by atoms with Crippen LogP contribution < -0.4 is 11.4 Å². The van der Waals surface area contributed by atoms with E-state index in [-0.39, 0.29) is 11.4 Å². The number of aromatic nitrogens is 3. The summed E-state index contributed by atoms with van der Waals surface area (Å²) in [6.07, 6.45) is 6.20. The van der Waals surface area contributed by atoms with E-state index in [0.717, 1.165) is 36.1 Å². The van der Waals surface area contributed by atoms with Crippen LogP contribution in [-0.4, -0.2) is 26.2 Å². The van der Waals surface area contributed by atoms with Crippen LogP contribution in [0.4, 0.5) is 0 Å². The summed E-state index contributed by atoms with van der Waals surface area (Å²) >= 11 is 1.25. The third kappa shape index (κ3) is 3.04. The fourth-order valence-electron chi connectivity index (χ4n) is 2.68. The fraction of sp³-hybridized carbons (Fsp3) is 0.333. The molecule has 0 aromatic carbocycles. The highest BCUT2D eigenvalue weighted by molar-refractivity contribution is 7.99. The number of rotatable bonds is 5. The third-order valence-electron chi connectivity index (χ3n) is 3.62. The second kappa shape index (κ2) is 6.31. The van der Waals surface area contributed by atoms with Crippen LogP contribution in [0.1, 0.15) is 23.2 Å². The monoisotopic (exact) mass is 316 g/mol. The van der Waals surface area contributed by atoms with Gasteiger partial charge in [-0.15, -0.1) is 0 Å². The van der Waals surface area contributed by atoms with Crippen LogP contribution in [0.25, 0.3) is 0 Å². The van der Waals surface area contributed by atoms with E-state index in [1.165, 1.54) is 11.8 Å². The first kappa shape index (κ1) is 14.8. The molecule has 3 rings (SSSR count). The maximum Gasteiger partial charge on any atom is 0.349 e. The van der Waals surface area contributed by atoms with Crippen LogP contribution in [0.2, 0.25) is 0 Å². The van der Waals surface area contributed by atoms with Gasteiger partial charge in [0.15, 0.2) is 0 Å². The van der Waals surface area contributed by atoms with Crippen molar-refractivity contribution in [2.24, 2.45) is 5.73 Å². The zero-order chi connectivity index (χ0) is 15.5. The third-order valence-corrected chi connectivity index (χ3v) is 4.66. The summed E-state index contributed by atoms with van der Waals surface area (Å²) < 4.78 is 1.72. The number of thioether (sulfide) groups is 1. The molecule has 22 heavy (non-hydrogen) atoms. The first-order chi connectivity index (χ1) is 10.6. The molecule has 0 bridgehead atoms. The van der Waals surface area contributed by atoms with Crippen LogP contribution >= 0.6 is 11.8 Å². The molecule has 114 valence electrons. The van der Waals surface area contributed by atoms with Crippen LogP contribution in [0.3, 0.4) is 0 Å². The lowest BCUT2D eigenvalue weighted by molar-refractivity contribution is -0.115. The van der Waals surface area contributed by atoms with E-state index in [9.17, 15) is 9.59 Å². The smallest absolute Gasteiger partial charge is 0.349 e. The first-order valence-electron chi connectivity index (χ1n) is 7.08. The van der Waals surface area contributed by atoms with Gasteiger partial charge in [0.25, 0.3) is 0 Å². The van der Waals surface area contributed by atoms with E-state index in [1.807, 2.05) is 12.1 Å². The first-order valence-corrected chi connectivity index (χ1v) is 8.06. The lowest BCUT2D eigenvalue weighted by Gasteiger charge is -2.13. The van der Waals surface area contributed by atoms with Gasteiger partial charge in [-0.25, -0.2) is 4.79 Å². The fourth-order valence-corrected chi connectivity index (χ4v) is 3.50. The van der Waals surface area contributed by atoms with Gasteiger partial charge in [-0.3, -0.25) is 14.3 Å². The molecule has 2 aromatic rings. The minimum absolute atomic E-state index is 0.144. The Labute approximate surface area is 131 Å². The van der Waals surface area contributed by atoms with Gasteiger partial charge in [0.2, 0.25) is 5.91 Å². The number of nitrogens with two attached hydrogens (primary N) is 1. The molecule has 0 saturated heterocycles. The van der Waals surface area contributed by atoms with E-state index in [4.69, 9.17) is 5.73 Å². The van der Waals surface area contributed by atoms with Crippen molar-refractivity contribution < 1.29 is 4.79 Å². The molecule has 1 aliphatic rings.